The zero-order chi connectivity index (χ0) is 17.2. The monoisotopic (exact) mass is 339 g/mol. The minimum atomic E-state index is -0.437. The maximum atomic E-state index is 12.4. The van der Waals surface area contributed by atoms with Gasteiger partial charge >= 0.3 is 0 Å². The van der Waals surface area contributed by atoms with E-state index in [9.17, 15) is 4.79 Å². The Kier molecular flexibility index (Phi) is 4.62. The first kappa shape index (κ1) is 16.6. The summed E-state index contributed by atoms with van der Waals surface area (Å²) in [5.74, 6) is -0.0195. The normalized spacial score (nSPS) is 19.5. The van der Waals surface area contributed by atoms with Gasteiger partial charge in [0.05, 0.1) is 6.42 Å². The van der Waals surface area contributed by atoms with Crippen molar-refractivity contribution >= 4 is 28.4 Å². The summed E-state index contributed by atoms with van der Waals surface area (Å²) in [7, 11) is 0. The summed E-state index contributed by atoms with van der Waals surface area (Å²) in [6, 6.07) is 16.0. The molecule has 1 aliphatic rings. The molecule has 2 N–H and O–H groups in total. The number of thioether (sulfide) groups is 1. The Hall–Kier alpha value is -2.27. The maximum absolute atomic E-state index is 12.4. The summed E-state index contributed by atoms with van der Waals surface area (Å²) in [6.45, 7) is 6.05. The second-order valence-electron chi connectivity index (χ2n) is 6.27. The molecule has 3 rings (SSSR count). The Bertz CT molecular complexity index is 788. The lowest BCUT2D eigenvalue weighted by molar-refractivity contribution is -0.116. The van der Waals surface area contributed by atoms with E-state index in [1.165, 1.54) is 5.56 Å². The first-order chi connectivity index (χ1) is 11.5. The molecule has 0 spiro atoms. The molecule has 24 heavy (non-hydrogen) atoms. The minimum absolute atomic E-state index is 0.0195. The molecule has 0 saturated carbocycles. The Balaban J connectivity index is 1.63. The van der Waals surface area contributed by atoms with Crippen molar-refractivity contribution in [3.8, 4) is 0 Å². The van der Waals surface area contributed by atoms with Crippen molar-refractivity contribution in [1.29, 1.82) is 0 Å². The van der Waals surface area contributed by atoms with Crippen molar-refractivity contribution in [2.45, 2.75) is 32.1 Å². The number of benzene rings is 2. The molecule has 1 amide bonds. The number of nitrogens with one attached hydrogen (secondary N) is 2. The Morgan fingerprint density at radius 1 is 1.21 bits per heavy atom. The highest BCUT2D eigenvalue weighted by molar-refractivity contribution is 8.15. The van der Waals surface area contributed by atoms with Crippen LogP contribution in [-0.2, 0) is 4.79 Å². The van der Waals surface area contributed by atoms with Crippen LogP contribution in [0.25, 0.3) is 0 Å². The summed E-state index contributed by atoms with van der Waals surface area (Å²) < 4.78 is 0. The van der Waals surface area contributed by atoms with Gasteiger partial charge in [-0.15, -0.1) is 0 Å². The standard InChI is InChI=1S/C19H21N3OS/c1-13-9-10-16(14(2)11-13)20-17(23)12-19(3)22-21-18(24-19)15-7-5-4-6-8-15/h4-11,22H,12H2,1-3H3,(H,20,23)/t19-/m1/s1. The molecular formula is C19H21N3OS. The number of hydrogen-bond acceptors (Lipinski definition) is 4. The SMILES string of the molecule is Cc1ccc(NC(=O)C[C@]2(C)NN=C(c3ccccc3)S2)c(C)c1. The van der Waals surface area contributed by atoms with E-state index < -0.39 is 4.87 Å². The molecule has 1 atom stereocenters. The molecule has 1 heterocycles. The fraction of sp³-hybridized carbons (Fsp3) is 0.263. The third-order valence-corrected chi connectivity index (χ3v) is 5.10. The summed E-state index contributed by atoms with van der Waals surface area (Å²) in [6.07, 6.45) is 0.338. The number of amides is 1. The van der Waals surface area contributed by atoms with Gasteiger partial charge in [-0.25, -0.2) is 0 Å². The fourth-order valence-electron chi connectivity index (χ4n) is 2.66. The number of aryl methyl sites for hydroxylation is 2. The van der Waals surface area contributed by atoms with Crippen LogP contribution in [0.4, 0.5) is 5.69 Å². The summed E-state index contributed by atoms with van der Waals surface area (Å²) in [5.41, 5.74) is 7.30. The number of carbonyl (C=O) groups is 1. The predicted octanol–water partition coefficient (Wildman–Crippen LogP) is 4.05. The number of rotatable bonds is 4. The topological polar surface area (TPSA) is 53.5 Å². The van der Waals surface area contributed by atoms with E-state index in [0.29, 0.717) is 6.42 Å². The lowest BCUT2D eigenvalue weighted by Crippen LogP contribution is -2.36. The third-order valence-electron chi connectivity index (χ3n) is 3.89. The van der Waals surface area contributed by atoms with E-state index in [1.807, 2.05) is 63.2 Å². The predicted molar refractivity (Wildman–Crippen MR) is 101 cm³/mol. The number of hydrazone groups is 1. The largest absolute Gasteiger partial charge is 0.326 e. The molecule has 0 aromatic heterocycles. The highest BCUT2D eigenvalue weighted by Crippen LogP contribution is 2.34. The quantitative estimate of drug-likeness (QED) is 0.884. The molecule has 1 aliphatic heterocycles. The zero-order valence-corrected chi connectivity index (χ0v) is 14.9. The second-order valence-corrected chi connectivity index (χ2v) is 7.76. The molecule has 0 saturated heterocycles. The van der Waals surface area contributed by atoms with Gasteiger partial charge in [-0.1, -0.05) is 59.8 Å². The molecule has 2 aromatic carbocycles. The lowest BCUT2D eigenvalue weighted by atomic mass is 10.1. The first-order valence-electron chi connectivity index (χ1n) is 7.92. The Morgan fingerprint density at radius 2 is 1.96 bits per heavy atom. The second kappa shape index (κ2) is 6.69. The van der Waals surface area contributed by atoms with Crippen LogP contribution in [-0.4, -0.2) is 15.8 Å². The van der Waals surface area contributed by atoms with E-state index in [4.69, 9.17) is 0 Å². The third kappa shape index (κ3) is 3.79. The van der Waals surface area contributed by atoms with Crippen molar-refractivity contribution < 1.29 is 4.79 Å². The molecule has 0 aliphatic carbocycles. The van der Waals surface area contributed by atoms with Crippen LogP contribution in [0.5, 0.6) is 0 Å². The van der Waals surface area contributed by atoms with Gasteiger partial charge in [0.1, 0.15) is 9.91 Å². The van der Waals surface area contributed by atoms with Crippen molar-refractivity contribution in [3.63, 3.8) is 0 Å². The maximum Gasteiger partial charge on any atom is 0.227 e. The highest BCUT2D eigenvalue weighted by atomic mass is 32.2. The van der Waals surface area contributed by atoms with E-state index in [1.54, 1.807) is 11.8 Å². The Morgan fingerprint density at radius 3 is 2.67 bits per heavy atom. The summed E-state index contributed by atoms with van der Waals surface area (Å²) in [5, 5.41) is 8.31. The van der Waals surface area contributed by atoms with Gasteiger partial charge in [-0.2, -0.15) is 5.10 Å². The first-order valence-corrected chi connectivity index (χ1v) is 8.73. The average Bonchev–Trinajstić information content (AvgIpc) is 2.93. The molecule has 4 nitrogen and oxygen atoms in total. The van der Waals surface area contributed by atoms with Crippen LogP contribution >= 0.6 is 11.8 Å². The van der Waals surface area contributed by atoms with Crippen molar-refractivity contribution in [2.24, 2.45) is 5.10 Å². The molecule has 0 fully saturated rings. The van der Waals surface area contributed by atoms with Gasteiger partial charge in [0, 0.05) is 11.3 Å². The summed E-state index contributed by atoms with van der Waals surface area (Å²) in [4.78, 5) is 12.0. The molecule has 0 bridgehead atoms. The van der Waals surface area contributed by atoms with Crippen molar-refractivity contribution in [3.05, 3.63) is 65.2 Å². The molecule has 0 unspecified atom stereocenters. The smallest absolute Gasteiger partial charge is 0.227 e. The number of nitrogens with zero attached hydrogens (tertiary/aromatic N) is 1. The van der Waals surface area contributed by atoms with Crippen LogP contribution in [0.1, 0.15) is 30.0 Å². The van der Waals surface area contributed by atoms with Gasteiger partial charge in [0.25, 0.3) is 0 Å². The van der Waals surface area contributed by atoms with E-state index >= 15 is 0 Å². The van der Waals surface area contributed by atoms with Crippen LogP contribution in [0.3, 0.4) is 0 Å². The number of anilines is 1. The van der Waals surface area contributed by atoms with Gasteiger partial charge in [-0.05, 0) is 32.4 Å². The van der Waals surface area contributed by atoms with E-state index in [0.717, 1.165) is 21.9 Å². The van der Waals surface area contributed by atoms with Crippen molar-refractivity contribution in [1.82, 2.24) is 5.43 Å². The minimum Gasteiger partial charge on any atom is -0.326 e. The Labute approximate surface area is 146 Å². The lowest BCUT2D eigenvalue weighted by Gasteiger charge is -2.22. The molecule has 5 heteroatoms. The summed E-state index contributed by atoms with van der Waals surface area (Å²) >= 11 is 1.59. The fourth-order valence-corrected chi connectivity index (χ4v) is 3.73. The molecule has 124 valence electrons. The van der Waals surface area contributed by atoms with Gasteiger partial charge < -0.3 is 5.32 Å². The van der Waals surface area contributed by atoms with Crippen molar-refractivity contribution in [2.75, 3.05) is 5.32 Å². The zero-order valence-electron chi connectivity index (χ0n) is 14.1. The van der Waals surface area contributed by atoms with Gasteiger partial charge in [0.2, 0.25) is 5.91 Å². The molecular weight excluding hydrogens is 318 g/mol. The number of carbonyl (C=O) groups excluding carboxylic acids is 1. The number of hydrogen-bond donors (Lipinski definition) is 2. The van der Waals surface area contributed by atoms with E-state index in [-0.39, 0.29) is 5.91 Å². The molecule has 0 radical (unpaired) electrons. The van der Waals surface area contributed by atoms with E-state index in [2.05, 4.69) is 21.9 Å². The van der Waals surface area contributed by atoms with Crippen LogP contribution in [0, 0.1) is 13.8 Å². The van der Waals surface area contributed by atoms with Gasteiger partial charge in [-0.3, -0.25) is 10.2 Å². The average molecular weight is 339 g/mol. The molecule has 2 aromatic rings. The van der Waals surface area contributed by atoms with Gasteiger partial charge in [0.15, 0.2) is 0 Å². The van der Waals surface area contributed by atoms with Crippen LogP contribution < -0.4 is 10.7 Å². The van der Waals surface area contributed by atoms with Crippen LogP contribution in [0.2, 0.25) is 0 Å². The van der Waals surface area contributed by atoms with Crippen LogP contribution in [0.15, 0.2) is 53.6 Å². The highest BCUT2D eigenvalue weighted by Gasteiger charge is 2.35.